The second-order valence-electron chi connectivity index (χ2n) is 5.22. The summed E-state index contributed by atoms with van der Waals surface area (Å²) in [5, 5.41) is -0.569. The first-order chi connectivity index (χ1) is 9.44. The molecule has 0 aromatic carbocycles. The largest absolute Gasteiger partial charge is 0.216 e. The molecule has 8 heteroatoms. The lowest BCUT2D eigenvalue weighted by Gasteiger charge is -2.31. The highest BCUT2D eigenvalue weighted by Gasteiger charge is 2.29. The Hall–Kier alpha value is -0.180. The normalized spacial score (nSPS) is 15.2. The van der Waals surface area contributed by atoms with Crippen molar-refractivity contribution in [1.82, 2.24) is 8.61 Å². The van der Waals surface area contributed by atoms with Crippen LogP contribution in [-0.4, -0.2) is 63.1 Å². The topological polar surface area (TPSA) is 74.8 Å². The lowest BCUT2D eigenvalue weighted by Crippen LogP contribution is -2.45. The third kappa shape index (κ3) is 7.89. The van der Waals surface area contributed by atoms with Crippen molar-refractivity contribution in [2.45, 2.75) is 65.9 Å². The van der Waals surface area contributed by atoms with Crippen LogP contribution in [0.4, 0.5) is 0 Å². The number of hydrogen-bond acceptors (Lipinski definition) is 4. The summed E-state index contributed by atoms with van der Waals surface area (Å²) < 4.78 is 47.2. The SMILES string of the molecule is C.CC.CC(C)S(=O)(=O)N(C)C.CC(C)S(=O)(=O)N1CCC1. The van der Waals surface area contributed by atoms with Crippen LogP contribution in [0.2, 0.25) is 0 Å². The molecule has 0 aromatic rings. The van der Waals surface area contributed by atoms with E-state index in [0.717, 1.165) is 19.5 Å². The average Bonchev–Trinajstić information content (AvgIpc) is 2.28. The molecule has 138 valence electrons. The summed E-state index contributed by atoms with van der Waals surface area (Å²) in [7, 11) is -2.81. The van der Waals surface area contributed by atoms with Crippen LogP contribution in [0.15, 0.2) is 0 Å². The Kier molecular flexibility index (Phi) is 13.8. The van der Waals surface area contributed by atoms with Crippen molar-refractivity contribution in [3.63, 3.8) is 0 Å². The Labute approximate surface area is 139 Å². The van der Waals surface area contributed by atoms with Crippen LogP contribution >= 0.6 is 0 Å². The molecule has 0 aliphatic carbocycles. The molecule has 1 saturated heterocycles. The molecule has 0 radical (unpaired) electrons. The zero-order valence-corrected chi connectivity index (χ0v) is 16.3. The van der Waals surface area contributed by atoms with Crippen LogP contribution in [-0.2, 0) is 20.0 Å². The monoisotopic (exact) mass is 360 g/mol. The van der Waals surface area contributed by atoms with E-state index in [-0.39, 0.29) is 17.9 Å². The quantitative estimate of drug-likeness (QED) is 0.771. The molecule has 6 nitrogen and oxygen atoms in total. The highest BCUT2D eigenvalue weighted by molar-refractivity contribution is 7.89. The summed E-state index contributed by atoms with van der Waals surface area (Å²) in [6.07, 6.45) is 1.02. The van der Waals surface area contributed by atoms with E-state index >= 15 is 0 Å². The van der Waals surface area contributed by atoms with Gasteiger partial charge in [-0.05, 0) is 34.1 Å². The highest BCUT2D eigenvalue weighted by atomic mass is 32.2. The van der Waals surface area contributed by atoms with E-state index in [0.29, 0.717) is 0 Å². The average molecular weight is 361 g/mol. The minimum Gasteiger partial charge on any atom is -0.212 e. The molecule has 0 N–H and O–H groups in total. The van der Waals surface area contributed by atoms with Gasteiger partial charge < -0.3 is 0 Å². The molecule has 22 heavy (non-hydrogen) atoms. The van der Waals surface area contributed by atoms with Gasteiger partial charge in [0.05, 0.1) is 10.5 Å². The van der Waals surface area contributed by atoms with Gasteiger partial charge in [-0.15, -0.1) is 0 Å². The van der Waals surface area contributed by atoms with E-state index < -0.39 is 20.0 Å². The van der Waals surface area contributed by atoms with Crippen LogP contribution in [0.25, 0.3) is 0 Å². The van der Waals surface area contributed by atoms with Gasteiger partial charge in [0.25, 0.3) is 0 Å². The third-order valence-electron chi connectivity index (χ3n) is 2.88. The maximum atomic E-state index is 11.2. The van der Waals surface area contributed by atoms with E-state index in [9.17, 15) is 16.8 Å². The predicted molar refractivity (Wildman–Crippen MR) is 96.1 cm³/mol. The number of sulfonamides is 2. The molecule has 1 aliphatic heterocycles. The highest BCUT2D eigenvalue weighted by Crippen LogP contribution is 2.15. The first-order valence-electron chi connectivity index (χ1n) is 7.34. The fourth-order valence-corrected chi connectivity index (χ4v) is 3.47. The van der Waals surface area contributed by atoms with E-state index in [1.165, 1.54) is 22.7 Å². The van der Waals surface area contributed by atoms with E-state index in [1.54, 1.807) is 27.7 Å². The summed E-state index contributed by atoms with van der Waals surface area (Å²) in [6, 6.07) is 0. The number of rotatable bonds is 4. The van der Waals surface area contributed by atoms with Crippen molar-refractivity contribution >= 4 is 20.0 Å². The maximum Gasteiger partial charge on any atom is 0.216 e. The molecule has 0 aromatic heterocycles. The van der Waals surface area contributed by atoms with Gasteiger partial charge in [0.1, 0.15) is 0 Å². The molecular formula is C14H36N2O4S2. The first-order valence-corrected chi connectivity index (χ1v) is 10.3. The van der Waals surface area contributed by atoms with Crippen LogP contribution in [0.1, 0.15) is 55.4 Å². The molecule has 0 unspecified atom stereocenters. The number of hydrogen-bond donors (Lipinski definition) is 0. The summed E-state index contributed by atoms with van der Waals surface area (Å²) in [6.45, 7) is 12.2. The standard InChI is InChI=1S/C6H13NO2S.C5H13NO2S.C2H6.CH4/c1-6(2)10(8,9)7-4-3-5-7;1-5(2)9(7,8)6(3)4;1-2;/h6H,3-5H2,1-2H3;5H,1-4H3;1-2H3;1H4. The van der Waals surface area contributed by atoms with Gasteiger partial charge in [-0.1, -0.05) is 21.3 Å². The molecular weight excluding hydrogens is 324 g/mol. The summed E-state index contributed by atoms with van der Waals surface area (Å²) in [5.74, 6) is 0. The molecule has 0 atom stereocenters. The molecule has 1 fully saturated rings. The zero-order valence-electron chi connectivity index (χ0n) is 14.6. The molecule has 1 aliphatic rings. The lowest BCUT2D eigenvalue weighted by atomic mass is 10.3. The molecule has 0 spiro atoms. The zero-order chi connectivity index (χ0) is 17.4. The minimum absolute atomic E-state index is 0. The van der Waals surface area contributed by atoms with Crippen molar-refractivity contribution in [3.8, 4) is 0 Å². The van der Waals surface area contributed by atoms with Gasteiger partial charge in [-0.2, -0.15) is 0 Å². The first kappa shape index (κ1) is 26.7. The smallest absolute Gasteiger partial charge is 0.212 e. The fourth-order valence-electron chi connectivity index (χ4n) is 1.26. The molecule has 0 amide bonds. The summed E-state index contributed by atoms with van der Waals surface area (Å²) >= 11 is 0. The predicted octanol–water partition coefficient (Wildman–Crippen LogP) is 2.38. The summed E-state index contributed by atoms with van der Waals surface area (Å²) in [5.41, 5.74) is 0. The van der Waals surface area contributed by atoms with Gasteiger partial charge in [0.2, 0.25) is 20.0 Å². The molecule has 0 bridgehead atoms. The van der Waals surface area contributed by atoms with Crippen molar-refractivity contribution in [3.05, 3.63) is 0 Å². The van der Waals surface area contributed by atoms with Crippen LogP contribution in [0, 0.1) is 0 Å². The molecule has 1 rings (SSSR count). The van der Waals surface area contributed by atoms with Crippen molar-refractivity contribution < 1.29 is 16.8 Å². The van der Waals surface area contributed by atoms with E-state index in [4.69, 9.17) is 0 Å². The summed E-state index contributed by atoms with van der Waals surface area (Å²) in [4.78, 5) is 0. The maximum absolute atomic E-state index is 11.2. The molecule has 0 saturated carbocycles. The van der Waals surface area contributed by atoms with Gasteiger partial charge in [-0.25, -0.2) is 25.4 Å². The van der Waals surface area contributed by atoms with E-state index in [1.807, 2.05) is 13.8 Å². The van der Waals surface area contributed by atoms with Crippen molar-refractivity contribution in [2.24, 2.45) is 0 Å². The second kappa shape index (κ2) is 11.4. The Bertz CT molecular complexity index is 451. The Morgan fingerprint density at radius 2 is 1.23 bits per heavy atom. The second-order valence-corrected chi connectivity index (χ2v) is 10.4. The van der Waals surface area contributed by atoms with Gasteiger partial charge in [0.15, 0.2) is 0 Å². The van der Waals surface area contributed by atoms with Crippen molar-refractivity contribution in [2.75, 3.05) is 27.2 Å². The Morgan fingerprint density at radius 3 is 1.27 bits per heavy atom. The van der Waals surface area contributed by atoms with Crippen LogP contribution in [0.3, 0.4) is 0 Å². The Morgan fingerprint density at radius 1 is 0.864 bits per heavy atom. The lowest BCUT2D eigenvalue weighted by molar-refractivity contribution is 0.306. The van der Waals surface area contributed by atoms with Gasteiger partial charge in [-0.3, -0.25) is 0 Å². The number of nitrogens with zero attached hydrogens (tertiary/aromatic N) is 2. The molecule has 1 heterocycles. The Balaban J connectivity index is -0.000000285. The van der Waals surface area contributed by atoms with Crippen LogP contribution in [0.5, 0.6) is 0 Å². The third-order valence-corrected chi connectivity index (χ3v) is 7.36. The van der Waals surface area contributed by atoms with E-state index in [2.05, 4.69) is 0 Å². The van der Waals surface area contributed by atoms with Crippen LogP contribution < -0.4 is 0 Å². The van der Waals surface area contributed by atoms with Crippen molar-refractivity contribution in [1.29, 1.82) is 0 Å². The van der Waals surface area contributed by atoms with Gasteiger partial charge >= 0.3 is 0 Å². The fraction of sp³-hybridized carbons (Fsp3) is 1.00. The minimum atomic E-state index is -2.98. The van der Waals surface area contributed by atoms with Gasteiger partial charge in [0, 0.05) is 27.2 Å².